The van der Waals surface area contributed by atoms with E-state index in [4.69, 9.17) is 11.6 Å². The third-order valence-corrected chi connectivity index (χ3v) is 5.78. The summed E-state index contributed by atoms with van der Waals surface area (Å²) in [6.45, 7) is 5.44. The minimum Gasteiger partial charge on any atom is -0.366 e. The van der Waals surface area contributed by atoms with Crippen molar-refractivity contribution in [3.63, 3.8) is 0 Å². The first kappa shape index (κ1) is 20.5. The molecule has 7 heteroatoms. The smallest absolute Gasteiger partial charge is 0.282 e. The monoisotopic (exact) mass is 430 g/mol. The largest absolute Gasteiger partial charge is 0.366 e. The number of carbonyl (C=O) groups excluding carboxylic acids is 2. The summed E-state index contributed by atoms with van der Waals surface area (Å²) in [5, 5.41) is 0.499. The summed E-state index contributed by atoms with van der Waals surface area (Å²) in [7, 11) is 0. The first-order chi connectivity index (χ1) is 14.3. The van der Waals surface area contributed by atoms with E-state index in [0.29, 0.717) is 41.6 Å². The zero-order chi connectivity index (χ0) is 21.6. The highest BCUT2D eigenvalue weighted by Gasteiger charge is 2.44. The molecule has 2 aromatic rings. The van der Waals surface area contributed by atoms with Gasteiger partial charge in [0.05, 0.1) is 11.3 Å². The summed E-state index contributed by atoms with van der Waals surface area (Å²) in [5.41, 5.74) is 0.737. The average molecular weight is 431 g/mol. The molecule has 0 radical (unpaired) electrons. The van der Waals surface area contributed by atoms with Crippen LogP contribution in [0.1, 0.15) is 25.8 Å². The standard InChI is InChI=1S/C23H21ClF2N2O2/c1-13-9-14(2)12-27(11-13)21-20(15-3-5-16(24)6-4-15)22(29)28(23(21)30)19-8-7-17(25)10-18(19)26/h3-8,10,13-14H,9,11-12H2,1-2H3. The summed E-state index contributed by atoms with van der Waals surface area (Å²) in [5.74, 6) is -2.29. The molecular weight excluding hydrogens is 410 g/mol. The van der Waals surface area contributed by atoms with Gasteiger partial charge in [-0.2, -0.15) is 0 Å². The van der Waals surface area contributed by atoms with Crippen LogP contribution < -0.4 is 4.90 Å². The van der Waals surface area contributed by atoms with E-state index in [1.807, 2.05) is 4.90 Å². The Morgan fingerprint density at radius 2 is 1.57 bits per heavy atom. The van der Waals surface area contributed by atoms with Gasteiger partial charge < -0.3 is 4.90 Å². The quantitative estimate of drug-likeness (QED) is 0.651. The van der Waals surface area contributed by atoms with E-state index in [1.54, 1.807) is 24.3 Å². The van der Waals surface area contributed by atoms with E-state index in [9.17, 15) is 18.4 Å². The molecule has 0 bridgehead atoms. The van der Waals surface area contributed by atoms with Crippen molar-refractivity contribution in [2.24, 2.45) is 11.8 Å². The van der Waals surface area contributed by atoms with Gasteiger partial charge in [0.25, 0.3) is 11.8 Å². The Morgan fingerprint density at radius 3 is 2.17 bits per heavy atom. The molecule has 30 heavy (non-hydrogen) atoms. The highest BCUT2D eigenvalue weighted by atomic mass is 35.5. The molecule has 1 fully saturated rings. The lowest BCUT2D eigenvalue weighted by Gasteiger charge is -2.37. The second-order valence-electron chi connectivity index (χ2n) is 8.12. The van der Waals surface area contributed by atoms with Crippen molar-refractivity contribution in [3.05, 3.63) is 70.4 Å². The van der Waals surface area contributed by atoms with Gasteiger partial charge in [0.15, 0.2) is 0 Å². The van der Waals surface area contributed by atoms with E-state index in [-0.39, 0.29) is 17.0 Å². The van der Waals surface area contributed by atoms with Crippen molar-refractivity contribution in [3.8, 4) is 0 Å². The van der Waals surface area contributed by atoms with Gasteiger partial charge in [0, 0.05) is 24.2 Å². The number of halogens is 3. The molecule has 156 valence electrons. The lowest BCUT2D eigenvalue weighted by atomic mass is 9.91. The number of hydrogen-bond acceptors (Lipinski definition) is 3. The number of amides is 2. The zero-order valence-electron chi connectivity index (χ0n) is 16.7. The third kappa shape index (κ3) is 3.60. The van der Waals surface area contributed by atoms with Crippen molar-refractivity contribution >= 4 is 34.7 Å². The lowest BCUT2D eigenvalue weighted by Crippen LogP contribution is -2.42. The predicted octanol–water partition coefficient (Wildman–Crippen LogP) is 4.88. The summed E-state index contributed by atoms with van der Waals surface area (Å²) in [6, 6.07) is 9.44. The predicted molar refractivity (Wildman–Crippen MR) is 112 cm³/mol. The number of imide groups is 1. The van der Waals surface area contributed by atoms with Gasteiger partial charge >= 0.3 is 0 Å². The molecule has 2 heterocycles. The van der Waals surface area contributed by atoms with Crippen molar-refractivity contribution in [1.29, 1.82) is 0 Å². The molecule has 0 N–H and O–H groups in total. The molecule has 0 spiro atoms. The molecule has 0 aliphatic carbocycles. The van der Waals surface area contributed by atoms with Crippen LogP contribution in [-0.4, -0.2) is 29.8 Å². The minimum absolute atomic E-state index is 0.210. The minimum atomic E-state index is -0.964. The van der Waals surface area contributed by atoms with Crippen LogP contribution in [0, 0.1) is 23.5 Å². The molecule has 1 saturated heterocycles. The average Bonchev–Trinajstić information content (AvgIpc) is 2.92. The summed E-state index contributed by atoms with van der Waals surface area (Å²) in [6.07, 6.45) is 1.03. The van der Waals surface area contributed by atoms with Crippen molar-refractivity contribution < 1.29 is 18.4 Å². The SMILES string of the molecule is CC1CC(C)CN(C2=C(c3ccc(Cl)cc3)C(=O)N(c3ccc(F)cc3F)C2=O)C1. The van der Waals surface area contributed by atoms with Crippen LogP contribution in [-0.2, 0) is 9.59 Å². The maximum Gasteiger partial charge on any atom is 0.282 e. The van der Waals surface area contributed by atoms with Crippen LogP contribution in [0.2, 0.25) is 5.02 Å². The zero-order valence-corrected chi connectivity index (χ0v) is 17.4. The second-order valence-corrected chi connectivity index (χ2v) is 8.56. The number of rotatable bonds is 3. The lowest BCUT2D eigenvalue weighted by molar-refractivity contribution is -0.121. The maximum atomic E-state index is 14.5. The van der Waals surface area contributed by atoms with Gasteiger partial charge in [-0.3, -0.25) is 9.59 Å². The number of carbonyl (C=O) groups is 2. The van der Waals surface area contributed by atoms with E-state index >= 15 is 0 Å². The van der Waals surface area contributed by atoms with Crippen LogP contribution in [0.4, 0.5) is 14.5 Å². The van der Waals surface area contributed by atoms with Gasteiger partial charge in [-0.1, -0.05) is 37.6 Å². The molecule has 2 aromatic carbocycles. The first-order valence-corrected chi connectivity index (χ1v) is 10.2. The summed E-state index contributed by atoms with van der Waals surface area (Å²) in [4.78, 5) is 29.5. The Balaban J connectivity index is 1.85. The van der Waals surface area contributed by atoms with Crippen LogP contribution >= 0.6 is 11.6 Å². The number of anilines is 1. The van der Waals surface area contributed by atoms with Gasteiger partial charge in [0.1, 0.15) is 17.3 Å². The fraction of sp³-hybridized carbons (Fsp3) is 0.304. The van der Waals surface area contributed by atoms with Crippen LogP contribution in [0.5, 0.6) is 0 Å². The van der Waals surface area contributed by atoms with E-state index in [0.717, 1.165) is 23.5 Å². The number of benzene rings is 2. The Morgan fingerprint density at radius 1 is 0.933 bits per heavy atom. The van der Waals surface area contributed by atoms with Gasteiger partial charge in [-0.15, -0.1) is 0 Å². The molecule has 2 aliphatic rings. The fourth-order valence-electron chi connectivity index (χ4n) is 4.42. The van der Waals surface area contributed by atoms with Gasteiger partial charge in [-0.05, 0) is 48.1 Å². The Kier molecular flexibility index (Phi) is 5.36. The Labute approximate surface area is 178 Å². The fourth-order valence-corrected chi connectivity index (χ4v) is 4.54. The van der Waals surface area contributed by atoms with E-state index in [1.165, 1.54) is 0 Å². The van der Waals surface area contributed by atoms with Crippen LogP contribution in [0.25, 0.3) is 5.57 Å². The molecule has 4 rings (SSSR count). The van der Waals surface area contributed by atoms with Crippen molar-refractivity contribution in [1.82, 2.24) is 4.90 Å². The topological polar surface area (TPSA) is 40.6 Å². The Bertz CT molecular complexity index is 1040. The second kappa shape index (κ2) is 7.84. The van der Waals surface area contributed by atoms with Crippen molar-refractivity contribution in [2.75, 3.05) is 18.0 Å². The maximum absolute atomic E-state index is 14.5. The van der Waals surface area contributed by atoms with E-state index < -0.39 is 23.4 Å². The first-order valence-electron chi connectivity index (χ1n) is 9.85. The highest BCUT2D eigenvalue weighted by molar-refractivity contribution is 6.45. The Hall–Kier alpha value is -2.73. The molecule has 2 amide bonds. The summed E-state index contributed by atoms with van der Waals surface area (Å²) >= 11 is 5.99. The number of piperidine rings is 1. The van der Waals surface area contributed by atoms with Gasteiger partial charge in [-0.25, -0.2) is 13.7 Å². The van der Waals surface area contributed by atoms with E-state index in [2.05, 4.69) is 13.8 Å². The number of nitrogens with zero attached hydrogens (tertiary/aromatic N) is 2. The van der Waals surface area contributed by atoms with Crippen LogP contribution in [0.15, 0.2) is 48.2 Å². The third-order valence-electron chi connectivity index (χ3n) is 5.53. The van der Waals surface area contributed by atoms with Crippen LogP contribution in [0.3, 0.4) is 0 Å². The summed E-state index contributed by atoms with van der Waals surface area (Å²) < 4.78 is 27.9. The molecule has 0 aromatic heterocycles. The highest BCUT2D eigenvalue weighted by Crippen LogP contribution is 2.38. The molecule has 2 unspecified atom stereocenters. The molecular formula is C23H21ClF2N2O2. The molecule has 2 aliphatic heterocycles. The number of likely N-dealkylation sites (tertiary alicyclic amines) is 1. The molecule has 2 atom stereocenters. The van der Waals surface area contributed by atoms with Crippen molar-refractivity contribution in [2.45, 2.75) is 20.3 Å². The number of hydrogen-bond donors (Lipinski definition) is 0. The van der Waals surface area contributed by atoms with Gasteiger partial charge in [0.2, 0.25) is 0 Å². The normalized spacial score (nSPS) is 22.3. The molecule has 0 saturated carbocycles. The molecule has 4 nitrogen and oxygen atoms in total.